The molecule has 3 atom stereocenters. The molecule has 2 bridgehead atoms. The molecule has 2 aromatic carbocycles. The van der Waals surface area contributed by atoms with E-state index in [1.807, 2.05) is 30.3 Å². The number of rotatable bonds is 4. The monoisotopic (exact) mass is 442 g/mol. The Kier molecular flexibility index (Phi) is 4.77. The quantitative estimate of drug-likeness (QED) is 0.632. The molecule has 0 radical (unpaired) electrons. The highest BCUT2D eigenvalue weighted by atomic mass is 19.4. The molecule has 1 fully saturated rings. The average molecular weight is 443 g/mol. The molecular formula is C26H29F3N2O. The van der Waals surface area contributed by atoms with E-state index < -0.39 is 18.0 Å². The third kappa shape index (κ3) is 2.96. The summed E-state index contributed by atoms with van der Waals surface area (Å²) in [5, 5.41) is 15.3. The fourth-order valence-corrected chi connectivity index (χ4v) is 6.32. The van der Waals surface area contributed by atoms with Gasteiger partial charge in [0.2, 0.25) is 0 Å². The Hall–Kier alpha value is -2.31. The molecule has 0 amide bonds. The minimum absolute atomic E-state index is 0.0000872. The third-order valence-electron chi connectivity index (χ3n) is 8.36. The summed E-state index contributed by atoms with van der Waals surface area (Å²) in [4.78, 5) is 0. The van der Waals surface area contributed by atoms with Crippen molar-refractivity contribution in [2.75, 3.05) is 0 Å². The van der Waals surface area contributed by atoms with Gasteiger partial charge in [0.1, 0.15) is 6.23 Å². The van der Waals surface area contributed by atoms with E-state index in [1.165, 1.54) is 12.1 Å². The van der Waals surface area contributed by atoms with Crippen molar-refractivity contribution >= 4 is 0 Å². The molecule has 3 nitrogen and oxygen atoms in total. The van der Waals surface area contributed by atoms with Crippen molar-refractivity contribution in [1.29, 1.82) is 0 Å². The Balaban J connectivity index is 1.57. The van der Waals surface area contributed by atoms with Crippen LogP contribution in [-0.4, -0.2) is 21.4 Å². The van der Waals surface area contributed by atoms with Gasteiger partial charge in [0, 0.05) is 17.7 Å². The zero-order chi connectivity index (χ0) is 22.9. The maximum atomic E-state index is 13.7. The lowest BCUT2D eigenvalue weighted by atomic mass is 9.69. The van der Waals surface area contributed by atoms with Gasteiger partial charge < -0.3 is 10.1 Å². The maximum Gasteiger partial charge on any atom is 0.416 e. The van der Waals surface area contributed by atoms with E-state index in [0.29, 0.717) is 6.54 Å². The van der Waals surface area contributed by atoms with Crippen molar-refractivity contribution in [1.82, 2.24) is 10.0 Å². The molecule has 3 aliphatic rings. The summed E-state index contributed by atoms with van der Waals surface area (Å²) < 4.78 is 41.1. The molecule has 2 aliphatic carbocycles. The standard InChI is InChI=1S/C26H29F3N2O/c1-24(2)20-13-14-25(24,3)22-21(20)23(32)31(30(22)15-17-9-5-4-6-10-17)16-18-11-7-8-12-19(18)26(27,28)29/h4-12,20,23,32H,13-16H2,1-3H3/t20-,23?,25+/m0/s1. The maximum absolute atomic E-state index is 13.7. The zero-order valence-corrected chi connectivity index (χ0v) is 18.7. The molecule has 5 rings (SSSR count). The van der Waals surface area contributed by atoms with E-state index in [2.05, 4.69) is 25.8 Å². The van der Waals surface area contributed by atoms with Crippen molar-refractivity contribution in [2.24, 2.45) is 16.7 Å². The van der Waals surface area contributed by atoms with Gasteiger partial charge in [-0.1, -0.05) is 69.3 Å². The van der Waals surface area contributed by atoms with Gasteiger partial charge in [-0.3, -0.25) is 0 Å². The van der Waals surface area contributed by atoms with Gasteiger partial charge >= 0.3 is 6.18 Å². The first kappa shape index (κ1) is 21.5. The Morgan fingerprint density at radius 3 is 2.31 bits per heavy atom. The molecule has 1 unspecified atom stereocenters. The number of hydrogen-bond donors (Lipinski definition) is 1. The van der Waals surface area contributed by atoms with Gasteiger partial charge in [0.15, 0.2) is 0 Å². The minimum atomic E-state index is -4.44. The zero-order valence-electron chi connectivity index (χ0n) is 18.7. The highest BCUT2D eigenvalue weighted by Gasteiger charge is 2.66. The van der Waals surface area contributed by atoms with Gasteiger partial charge in [0.25, 0.3) is 0 Å². The Bertz CT molecular complexity index is 1060. The number of aliphatic hydroxyl groups excluding tert-OH is 1. The van der Waals surface area contributed by atoms with Crippen LogP contribution in [0.4, 0.5) is 13.2 Å². The van der Waals surface area contributed by atoms with E-state index in [4.69, 9.17) is 0 Å². The fraction of sp³-hybridized carbons (Fsp3) is 0.462. The molecule has 6 heteroatoms. The number of benzene rings is 2. The van der Waals surface area contributed by atoms with Gasteiger partial charge in [-0.05, 0) is 46.9 Å². The third-order valence-corrected chi connectivity index (χ3v) is 8.36. The van der Waals surface area contributed by atoms with Crippen LogP contribution < -0.4 is 0 Å². The second kappa shape index (κ2) is 7.09. The molecule has 170 valence electrons. The lowest BCUT2D eigenvalue weighted by molar-refractivity contribution is -0.141. The number of alkyl halides is 3. The van der Waals surface area contributed by atoms with E-state index in [9.17, 15) is 18.3 Å². The smallest absolute Gasteiger partial charge is 0.373 e. The summed E-state index contributed by atoms with van der Waals surface area (Å²) in [6, 6.07) is 15.6. The van der Waals surface area contributed by atoms with E-state index in [0.717, 1.165) is 35.7 Å². The summed E-state index contributed by atoms with van der Waals surface area (Å²) in [7, 11) is 0. The van der Waals surface area contributed by atoms with Gasteiger partial charge in [-0.2, -0.15) is 18.2 Å². The van der Waals surface area contributed by atoms with Gasteiger partial charge in [-0.25, -0.2) is 0 Å². The lowest BCUT2D eigenvalue weighted by Gasteiger charge is -2.45. The topological polar surface area (TPSA) is 26.7 Å². The lowest BCUT2D eigenvalue weighted by Crippen LogP contribution is -2.47. The fourth-order valence-electron chi connectivity index (χ4n) is 6.32. The summed E-state index contributed by atoms with van der Waals surface area (Å²) in [5.74, 6) is 0.235. The number of hydrazine groups is 1. The van der Waals surface area contributed by atoms with E-state index >= 15 is 0 Å². The molecular weight excluding hydrogens is 413 g/mol. The molecule has 0 spiro atoms. The highest BCUT2D eigenvalue weighted by molar-refractivity contribution is 5.43. The first-order valence-corrected chi connectivity index (χ1v) is 11.2. The number of fused-ring (bicyclic) bond motifs is 4. The number of hydrogen-bond acceptors (Lipinski definition) is 3. The van der Waals surface area contributed by atoms with Crippen LogP contribution in [0.25, 0.3) is 0 Å². The molecule has 0 aromatic heterocycles. The predicted octanol–water partition coefficient (Wildman–Crippen LogP) is 5.97. The van der Waals surface area contributed by atoms with Gasteiger partial charge in [0.05, 0.1) is 12.1 Å². The van der Waals surface area contributed by atoms with E-state index in [-0.39, 0.29) is 28.9 Å². The summed E-state index contributed by atoms with van der Waals surface area (Å²) in [6.45, 7) is 7.30. The summed E-state index contributed by atoms with van der Waals surface area (Å²) in [5.41, 5.74) is 2.59. The van der Waals surface area contributed by atoms with Crippen LogP contribution in [0.5, 0.6) is 0 Å². The van der Waals surface area contributed by atoms with Crippen molar-refractivity contribution < 1.29 is 18.3 Å². The molecule has 1 aliphatic heterocycles. The van der Waals surface area contributed by atoms with Crippen LogP contribution >= 0.6 is 0 Å². The normalized spacial score (nSPS) is 29.2. The Morgan fingerprint density at radius 1 is 0.969 bits per heavy atom. The van der Waals surface area contributed by atoms with Crippen LogP contribution in [0.3, 0.4) is 0 Å². The van der Waals surface area contributed by atoms with Crippen LogP contribution in [0.2, 0.25) is 0 Å². The Morgan fingerprint density at radius 2 is 1.62 bits per heavy atom. The second-order valence-electron chi connectivity index (χ2n) is 10.1. The predicted molar refractivity (Wildman–Crippen MR) is 117 cm³/mol. The SMILES string of the molecule is CC1(C)[C@H]2CC[C@]1(C)C1=C2C(O)N(Cc2ccccc2C(F)(F)F)N1Cc1ccccc1. The van der Waals surface area contributed by atoms with E-state index in [1.54, 1.807) is 11.1 Å². The number of allylic oxidation sites excluding steroid dienone is 1. The highest BCUT2D eigenvalue weighted by Crippen LogP contribution is 2.71. The number of aliphatic hydroxyl groups is 1. The van der Waals surface area contributed by atoms with Gasteiger partial charge in [-0.15, -0.1) is 0 Å². The van der Waals surface area contributed by atoms with Crippen LogP contribution in [0.15, 0.2) is 65.9 Å². The molecule has 0 saturated heterocycles. The minimum Gasteiger partial charge on any atom is -0.373 e. The van der Waals surface area contributed by atoms with Crippen molar-refractivity contribution in [3.8, 4) is 0 Å². The molecule has 1 saturated carbocycles. The largest absolute Gasteiger partial charge is 0.416 e. The molecule has 1 heterocycles. The second-order valence-corrected chi connectivity index (χ2v) is 10.1. The number of halogens is 3. The molecule has 1 N–H and O–H groups in total. The van der Waals surface area contributed by atoms with Crippen LogP contribution in [0, 0.1) is 16.7 Å². The first-order valence-electron chi connectivity index (χ1n) is 11.2. The summed E-state index contributed by atoms with van der Waals surface area (Å²) >= 11 is 0. The average Bonchev–Trinajstić information content (AvgIpc) is 3.21. The van der Waals surface area contributed by atoms with Crippen LogP contribution in [0.1, 0.15) is 50.3 Å². The first-order chi connectivity index (χ1) is 15.1. The van der Waals surface area contributed by atoms with Crippen molar-refractivity contribution in [3.05, 3.63) is 82.6 Å². The van der Waals surface area contributed by atoms with Crippen molar-refractivity contribution in [2.45, 2.75) is 59.1 Å². The van der Waals surface area contributed by atoms with Crippen molar-refractivity contribution in [3.63, 3.8) is 0 Å². The van der Waals surface area contributed by atoms with Crippen LogP contribution in [-0.2, 0) is 19.3 Å². The Labute approximate surface area is 187 Å². The summed E-state index contributed by atoms with van der Waals surface area (Å²) in [6.07, 6.45) is -3.32. The number of nitrogens with zero attached hydrogens (tertiary/aromatic N) is 2. The molecule has 2 aromatic rings. The molecule has 32 heavy (non-hydrogen) atoms.